The number of carbonyl (C=O) groups is 1. The molecule has 0 saturated carbocycles. The minimum Gasteiger partial charge on any atom is -0.328 e. The van der Waals surface area contributed by atoms with Crippen molar-refractivity contribution in [3.8, 4) is 0 Å². The lowest BCUT2D eigenvalue weighted by atomic mass is 9.81. The Bertz CT molecular complexity index is 913. The maximum Gasteiger partial charge on any atom is 0.453 e. The molecule has 26 heavy (non-hydrogen) atoms. The van der Waals surface area contributed by atoms with Crippen molar-refractivity contribution in [1.82, 2.24) is 14.8 Å². The molecule has 0 bridgehead atoms. The topological polar surface area (TPSA) is 59.8 Å². The third-order valence-corrected chi connectivity index (χ3v) is 4.38. The van der Waals surface area contributed by atoms with E-state index >= 15 is 0 Å². The Hall–Kier alpha value is -2.78. The van der Waals surface area contributed by atoms with E-state index in [0.717, 1.165) is 16.8 Å². The van der Waals surface area contributed by atoms with E-state index in [2.05, 4.69) is 15.4 Å². The fourth-order valence-electron chi connectivity index (χ4n) is 3.37. The van der Waals surface area contributed by atoms with Crippen molar-refractivity contribution in [3.63, 3.8) is 0 Å². The third-order valence-electron chi connectivity index (χ3n) is 4.38. The van der Waals surface area contributed by atoms with Gasteiger partial charge in [0.1, 0.15) is 17.4 Å². The summed E-state index contributed by atoms with van der Waals surface area (Å²) in [4.78, 5) is 15.9. The van der Waals surface area contributed by atoms with E-state index in [-0.39, 0.29) is 23.7 Å². The highest BCUT2D eigenvalue weighted by atomic mass is 19.4. The average molecular weight is 370 g/mol. The van der Waals surface area contributed by atoms with Gasteiger partial charge in [0.05, 0.1) is 12.0 Å². The van der Waals surface area contributed by atoms with Gasteiger partial charge in [-0.05, 0) is 24.1 Å². The van der Waals surface area contributed by atoms with Crippen LogP contribution in [0, 0.1) is 17.6 Å². The maximum absolute atomic E-state index is 13.7. The van der Waals surface area contributed by atoms with Crippen molar-refractivity contribution in [2.75, 3.05) is 5.32 Å². The standard InChI is InChI=1S/C16H11F5N4O/c17-8-4-7(5-9(18)6-8)13-12-10(2-1-3-11(12)26)22-15-23-14(16(19,20)21)24-25(13)15/h2,4-6,12-13H,1,3H2,(H,22,23,24)/t12-,13-/m1/s1. The van der Waals surface area contributed by atoms with E-state index in [1.54, 1.807) is 6.08 Å². The number of ketones is 1. The van der Waals surface area contributed by atoms with Gasteiger partial charge in [0.25, 0.3) is 5.82 Å². The van der Waals surface area contributed by atoms with Gasteiger partial charge in [-0.15, -0.1) is 5.10 Å². The van der Waals surface area contributed by atoms with Crippen LogP contribution >= 0.6 is 0 Å². The van der Waals surface area contributed by atoms with Crippen molar-refractivity contribution in [2.45, 2.75) is 25.1 Å². The summed E-state index contributed by atoms with van der Waals surface area (Å²) >= 11 is 0. The first kappa shape index (κ1) is 16.7. The fraction of sp³-hybridized carbons (Fsp3) is 0.312. The number of nitrogens with zero attached hydrogens (tertiary/aromatic N) is 3. The molecule has 0 saturated heterocycles. The fourth-order valence-corrected chi connectivity index (χ4v) is 3.37. The number of halogens is 5. The number of allylic oxidation sites excluding steroid dienone is 2. The van der Waals surface area contributed by atoms with Crippen molar-refractivity contribution in [1.29, 1.82) is 0 Å². The summed E-state index contributed by atoms with van der Waals surface area (Å²) < 4.78 is 67.3. The predicted octanol–water partition coefficient (Wildman–Crippen LogP) is 3.45. The summed E-state index contributed by atoms with van der Waals surface area (Å²) in [6, 6.07) is 1.49. The van der Waals surface area contributed by atoms with Gasteiger partial charge in [0.2, 0.25) is 5.95 Å². The zero-order chi connectivity index (χ0) is 18.6. The van der Waals surface area contributed by atoms with E-state index in [0.29, 0.717) is 18.2 Å². The molecule has 1 aliphatic carbocycles. The SMILES string of the molecule is O=C1CCC=C2Nc3nc(C(F)(F)F)nn3[C@H](c3cc(F)cc(F)c3)[C@@H]12. The van der Waals surface area contributed by atoms with E-state index in [1.165, 1.54) is 0 Å². The largest absolute Gasteiger partial charge is 0.453 e. The molecule has 4 rings (SSSR count). The highest BCUT2D eigenvalue weighted by molar-refractivity contribution is 5.87. The monoisotopic (exact) mass is 370 g/mol. The molecule has 1 aromatic carbocycles. The molecule has 5 nitrogen and oxygen atoms in total. The van der Waals surface area contributed by atoms with Crippen LogP contribution in [0.3, 0.4) is 0 Å². The number of carbonyl (C=O) groups excluding carboxylic acids is 1. The molecule has 10 heteroatoms. The first-order valence-corrected chi connectivity index (χ1v) is 7.73. The molecule has 2 aliphatic rings. The minimum absolute atomic E-state index is 0.00928. The van der Waals surface area contributed by atoms with E-state index in [4.69, 9.17) is 0 Å². The number of alkyl halides is 3. The molecule has 0 radical (unpaired) electrons. The summed E-state index contributed by atoms with van der Waals surface area (Å²) in [5.41, 5.74) is 0.375. The van der Waals surface area contributed by atoms with Gasteiger partial charge in [0.15, 0.2) is 0 Å². The van der Waals surface area contributed by atoms with Crippen molar-refractivity contribution in [3.05, 3.63) is 53.0 Å². The predicted molar refractivity (Wildman–Crippen MR) is 79.0 cm³/mol. The summed E-state index contributed by atoms with van der Waals surface area (Å²) in [6.45, 7) is 0. The van der Waals surface area contributed by atoms with Gasteiger partial charge in [-0.25, -0.2) is 13.5 Å². The molecule has 1 aromatic heterocycles. The Kier molecular flexibility index (Phi) is 3.60. The highest BCUT2D eigenvalue weighted by Crippen LogP contribution is 2.42. The number of benzene rings is 1. The normalized spacial score (nSPS) is 22.3. The van der Waals surface area contributed by atoms with Crippen molar-refractivity contribution >= 4 is 11.7 Å². The highest BCUT2D eigenvalue weighted by Gasteiger charge is 2.45. The molecular weight excluding hydrogens is 359 g/mol. The Morgan fingerprint density at radius 3 is 2.50 bits per heavy atom. The van der Waals surface area contributed by atoms with Gasteiger partial charge in [-0.3, -0.25) is 4.79 Å². The molecule has 2 aromatic rings. The number of anilines is 1. The Morgan fingerprint density at radius 1 is 1.15 bits per heavy atom. The van der Waals surface area contributed by atoms with E-state index in [9.17, 15) is 26.7 Å². The molecule has 0 unspecified atom stereocenters. The van der Waals surface area contributed by atoms with Crippen LogP contribution in [0.2, 0.25) is 0 Å². The molecule has 136 valence electrons. The summed E-state index contributed by atoms with van der Waals surface area (Å²) in [7, 11) is 0. The minimum atomic E-state index is -4.80. The van der Waals surface area contributed by atoms with E-state index < -0.39 is 35.6 Å². The first-order chi connectivity index (χ1) is 12.2. The number of aromatic nitrogens is 3. The Labute approximate surface area is 143 Å². The summed E-state index contributed by atoms with van der Waals surface area (Å²) in [5, 5.41) is 6.15. The number of rotatable bonds is 1. The summed E-state index contributed by atoms with van der Waals surface area (Å²) in [5.74, 6) is -4.59. The van der Waals surface area contributed by atoms with Crippen molar-refractivity contribution in [2.24, 2.45) is 5.92 Å². The molecule has 1 N–H and O–H groups in total. The third kappa shape index (κ3) is 2.65. The van der Waals surface area contributed by atoms with Gasteiger partial charge in [0, 0.05) is 18.2 Å². The van der Waals surface area contributed by atoms with Crippen LogP contribution < -0.4 is 5.32 Å². The van der Waals surface area contributed by atoms with Crippen LogP contribution in [0.5, 0.6) is 0 Å². The van der Waals surface area contributed by atoms with Crippen LogP contribution in [-0.2, 0) is 11.0 Å². The van der Waals surface area contributed by atoms with Crippen LogP contribution in [-0.4, -0.2) is 20.5 Å². The number of fused-ring (bicyclic) bond motifs is 2. The van der Waals surface area contributed by atoms with E-state index in [1.807, 2.05) is 0 Å². The zero-order valence-electron chi connectivity index (χ0n) is 13.0. The lowest BCUT2D eigenvalue weighted by molar-refractivity contribution is -0.145. The van der Waals surface area contributed by atoms with Gasteiger partial charge in [-0.1, -0.05) is 6.08 Å². The number of hydrogen-bond donors (Lipinski definition) is 1. The maximum atomic E-state index is 13.7. The van der Waals surface area contributed by atoms with Crippen LogP contribution in [0.4, 0.5) is 27.9 Å². The molecule has 0 fully saturated rings. The molecule has 2 heterocycles. The van der Waals surface area contributed by atoms with Gasteiger partial charge >= 0.3 is 6.18 Å². The number of Topliss-reactive ketones (excluding diaryl/α,β-unsaturated/α-hetero) is 1. The molecule has 1 aliphatic heterocycles. The smallest absolute Gasteiger partial charge is 0.328 e. The quantitative estimate of drug-likeness (QED) is 0.782. The number of hydrogen-bond acceptors (Lipinski definition) is 4. The Balaban J connectivity index is 1.93. The molecular formula is C16H11F5N4O. The second kappa shape index (κ2) is 5.61. The number of nitrogens with one attached hydrogen (secondary N) is 1. The van der Waals surface area contributed by atoms with Crippen LogP contribution in [0.15, 0.2) is 30.0 Å². The van der Waals surface area contributed by atoms with Crippen molar-refractivity contribution < 1.29 is 26.7 Å². The lowest BCUT2D eigenvalue weighted by Gasteiger charge is -2.36. The molecule has 0 spiro atoms. The molecule has 2 atom stereocenters. The van der Waals surface area contributed by atoms with Crippen LogP contribution in [0.25, 0.3) is 0 Å². The second-order valence-electron chi connectivity index (χ2n) is 6.12. The molecule has 0 amide bonds. The zero-order valence-corrected chi connectivity index (χ0v) is 13.0. The first-order valence-electron chi connectivity index (χ1n) is 7.73. The Morgan fingerprint density at radius 2 is 1.85 bits per heavy atom. The second-order valence-corrected chi connectivity index (χ2v) is 6.12. The summed E-state index contributed by atoms with van der Waals surface area (Å²) in [6.07, 6.45) is -2.52. The van der Waals surface area contributed by atoms with Gasteiger partial charge < -0.3 is 5.32 Å². The average Bonchev–Trinajstić information content (AvgIpc) is 2.96. The van der Waals surface area contributed by atoms with Crippen LogP contribution in [0.1, 0.15) is 30.3 Å². The van der Waals surface area contributed by atoms with Gasteiger partial charge in [-0.2, -0.15) is 18.2 Å². The lowest BCUT2D eigenvalue weighted by Crippen LogP contribution is -2.38.